The molecule has 1 aliphatic rings. The highest BCUT2D eigenvalue weighted by atomic mass is 16.6. The van der Waals surface area contributed by atoms with Gasteiger partial charge in [0.05, 0.1) is 37.1 Å². The highest BCUT2D eigenvalue weighted by Crippen LogP contribution is 2.24. The molecule has 190 valence electrons. The zero-order valence-electron chi connectivity index (χ0n) is 20.7. The van der Waals surface area contributed by atoms with E-state index in [0.29, 0.717) is 68.9 Å². The average molecular weight is 494 g/mol. The third-order valence-corrected chi connectivity index (χ3v) is 5.63. The van der Waals surface area contributed by atoms with Crippen LogP contribution >= 0.6 is 0 Å². The Morgan fingerprint density at radius 1 is 1.17 bits per heavy atom. The van der Waals surface area contributed by atoms with E-state index in [2.05, 4.69) is 30.5 Å². The number of amides is 1. The average Bonchev–Trinajstić information content (AvgIpc) is 3.46. The van der Waals surface area contributed by atoms with Crippen molar-refractivity contribution in [1.29, 1.82) is 0 Å². The van der Waals surface area contributed by atoms with Crippen molar-refractivity contribution in [1.82, 2.24) is 34.8 Å². The van der Waals surface area contributed by atoms with Crippen LogP contribution in [-0.4, -0.2) is 74.0 Å². The molecule has 36 heavy (non-hydrogen) atoms. The minimum absolute atomic E-state index is 0.374. The van der Waals surface area contributed by atoms with Crippen LogP contribution in [0.5, 0.6) is 0 Å². The van der Waals surface area contributed by atoms with Crippen molar-refractivity contribution in [3.63, 3.8) is 0 Å². The molecule has 1 aliphatic heterocycles. The molecule has 0 spiro atoms. The molecule has 0 bridgehead atoms. The monoisotopic (exact) mass is 493 g/mol. The second kappa shape index (κ2) is 9.97. The number of hydrogen-bond donors (Lipinski definition) is 3. The van der Waals surface area contributed by atoms with Crippen molar-refractivity contribution in [2.24, 2.45) is 0 Å². The van der Waals surface area contributed by atoms with E-state index in [1.54, 1.807) is 6.33 Å². The molecule has 5 rings (SSSR count). The lowest BCUT2D eigenvalue weighted by atomic mass is 10.2. The third-order valence-electron chi connectivity index (χ3n) is 5.63. The number of hydrogen-bond acceptors (Lipinski definition) is 9. The SMILES string of the molecule is CC(C)(C)OC(=O)NCCn1cnc2c(NCc3nc4ccccc4[nH]3)nc(N3CCOCC3)nc21. The topological polar surface area (TPSA) is 135 Å². The van der Waals surface area contributed by atoms with Gasteiger partial charge in [0.2, 0.25) is 5.95 Å². The van der Waals surface area contributed by atoms with E-state index in [1.807, 2.05) is 49.6 Å². The lowest BCUT2D eigenvalue weighted by Crippen LogP contribution is -2.37. The van der Waals surface area contributed by atoms with Gasteiger partial charge in [-0.3, -0.25) is 0 Å². The Bertz CT molecular complexity index is 1320. The molecule has 1 aromatic carbocycles. The molecule has 0 saturated carbocycles. The lowest BCUT2D eigenvalue weighted by molar-refractivity contribution is 0.0526. The summed E-state index contributed by atoms with van der Waals surface area (Å²) in [5.41, 5.74) is 2.69. The maximum Gasteiger partial charge on any atom is 0.407 e. The second-order valence-corrected chi connectivity index (χ2v) is 9.56. The van der Waals surface area contributed by atoms with Gasteiger partial charge in [0.1, 0.15) is 11.4 Å². The molecule has 1 amide bonds. The van der Waals surface area contributed by atoms with Crippen LogP contribution in [0, 0.1) is 0 Å². The van der Waals surface area contributed by atoms with Crippen LogP contribution in [0.15, 0.2) is 30.6 Å². The molecule has 0 radical (unpaired) electrons. The maximum absolute atomic E-state index is 12.0. The Hall–Kier alpha value is -3.93. The number of imidazole rings is 2. The molecule has 4 heterocycles. The van der Waals surface area contributed by atoms with Crippen molar-refractivity contribution in [2.45, 2.75) is 39.5 Å². The van der Waals surface area contributed by atoms with Crippen LogP contribution in [0.4, 0.5) is 16.6 Å². The van der Waals surface area contributed by atoms with E-state index in [4.69, 9.17) is 19.4 Å². The first-order valence-corrected chi connectivity index (χ1v) is 12.1. The highest BCUT2D eigenvalue weighted by Gasteiger charge is 2.20. The van der Waals surface area contributed by atoms with Gasteiger partial charge in [-0.05, 0) is 32.9 Å². The quantitative estimate of drug-likeness (QED) is 0.355. The highest BCUT2D eigenvalue weighted by molar-refractivity contribution is 5.84. The molecular formula is C24H31N9O3. The number of H-pyrrole nitrogens is 1. The standard InChI is InChI=1S/C24H31N9O3/c1-24(2,3)36-23(34)25-8-9-33-15-27-19-20(26-14-18-28-16-6-4-5-7-17(16)29-18)30-22(31-21(19)33)32-10-12-35-13-11-32/h4-7,15H,8-14H2,1-3H3,(H,25,34)(H,28,29)(H,26,30,31). The second-order valence-electron chi connectivity index (χ2n) is 9.56. The summed E-state index contributed by atoms with van der Waals surface area (Å²) < 4.78 is 12.7. The van der Waals surface area contributed by atoms with Crippen LogP contribution in [-0.2, 0) is 22.6 Å². The summed E-state index contributed by atoms with van der Waals surface area (Å²) >= 11 is 0. The fourth-order valence-electron chi connectivity index (χ4n) is 3.97. The van der Waals surface area contributed by atoms with Crippen LogP contribution in [0.3, 0.4) is 0 Å². The molecule has 1 saturated heterocycles. The van der Waals surface area contributed by atoms with E-state index >= 15 is 0 Å². The summed E-state index contributed by atoms with van der Waals surface area (Å²) in [6, 6.07) is 7.91. The maximum atomic E-state index is 12.0. The van der Waals surface area contributed by atoms with Gasteiger partial charge in [0, 0.05) is 26.2 Å². The van der Waals surface area contributed by atoms with Crippen LogP contribution < -0.4 is 15.5 Å². The normalized spacial score (nSPS) is 14.4. The largest absolute Gasteiger partial charge is 0.444 e. The summed E-state index contributed by atoms with van der Waals surface area (Å²) in [5.74, 6) is 2.04. The Morgan fingerprint density at radius 3 is 2.75 bits per heavy atom. The van der Waals surface area contributed by atoms with Crippen molar-refractivity contribution >= 4 is 40.1 Å². The fourth-order valence-corrected chi connectivity index (χ4v) is 3.97. The van der Waals surface area contributed by atoms with Gasteiger partial charge in [-0.15, -0.1) is 0 Å². The minimum Gasteiger partial charge on any atom is -0.444 e. The summed E-state index contributed by atoms with van der Waals surface area (Å²) in [4.78, 5) is 36.3. The summed E-state index contributed by atoms with van der Waals surface area (Å²) in [7, 11) is 0. The Labute approximate surface area is 208 Å². The van der Waals surface area contributed by atoms with Gasteiger partial charge in [0.25, 0.3) is 0 Å². The van der Waals surface area contributed by atoms with Gasteiger partial charge in [0.15, 0.2) is 17.0 Å². The number of morpholine rings is 1. The summed E-state index contributed by atoms with van der Waals surface area (Å²) in [5, 5.41) is 6.18. The van der Waals surface area contributed by atoms with Crippen molar-refractivity contribution in [3.05, 3.63) is 36.4 Å². The number of aromatic amines is 1. The third kappa shape index (κ3) is 5.48. The number of aromatic nitrogens is 6. The number of rotatable bonds is 7. The van der Waals surface area contributed by atoms with Crippen LogP contribution in [0.1, 0.15) is 26.6 Å². The first-order chi connectivity index (χ1) is 17.4. The first kappa shape index (κ1) is 23.8. The molecule has 12 nitrogen and oxygen atoms in total. The number of nitrogens with one attached hydrogen (secondary N) is 3. The number of benzene rings is 1. The summed E-state index contributed by atoms with van der Waals surface area (Å²) in [6.07, 6.45) is 1.26. The van der Waals surface area contributed by atoms with E-state index in [9.17, 15) is 4.79 Å². The van der Waals surface area contributed by atoms with Gasteiger partial charge < -0.3 is 34.6 Å². The van der Waals surface area contributed by atoms with Crippen molar-refractivity contribution in [3.8, 4) is 0 Å². The Morgan fingerprint density at radius 2 is 1.97 bits per heavy atom. The minimum atomic E-state index is -0.549. The van der Waals surface area contributed by atoms with E-state index in [-0.39, 0.29) is 0 Å². The lowest BCUT2D eigenvalue weighted by Gasteiger charge is -2.27. The molecule has 3 aromatic heterocycles. The molecule has 4 aromatic rings. The van der Waals surface area contributed by atoms with E-state index in [0.717, 1.165) is 16.9 Å². The zero-order valence-corrected chi connectivity index (χ0v) is 20.7. The number of fused-ring (bicyclic) bond motifs is 2. The number of para-hydroxylation sites is 2. The van der Waals surface area contributed by atoms with Crippen molar-refractivity contribution in [2.75, 3.05) is 43.1 Å². The first-order valence-electron chi connectivity index (χ1n) is 12.1. The predicted octanol–water partition coefficient (Wildman–Crippen LogP) is 2.68. The van der Waals surface area contributed by atoms with Crippen LogP contribution in [0.2, 0.25) is 0 Å². The van der Waals surface area contributed by atoms with Gasteiger partial charge in [-0.1, -0.05) is 12.1 Å². The number of nitrogens with zero attached hydrogens (tertiary/aromatic N) is 6. The predicted molar refractivity (Wildman–Crippen MR) is 136 cm³/mol. The van der Waals surface area contributed by atoms with Gasteiger partial charge in [-0.25, -0.2) is 14.8 Å². The number of carbonyl (C=O) groups excluding carboxylic acids is 1. The van der Waals surface area contributed by atoms with Gasteiger partial charge in [-0.2, -0.15) is 9.97 Å². The zero-order chi connectivity index (χ0) is 25.1. The number of alkyl carbamates (subject to hydrolysis) is 1. The number of anilines is 2. The van der Waals surface area contributed by atoms with E-state index < -0.39 is 11.7 Å². The molecule has 12 heteroatoms. The Balaban J connectivity index is 1.37. The van der Waals surface area contributed by atoms with Crippen LogP contribution in [0.25, 0.3) is 22.2 Å². The van der Waals surface area contributed by atoms with Crippen molar-refractivity contribution < 1.29 is 14.3 Å². The fraction of sp³-hybridized carbons (Fsp3) is 0.458. The molecule has 1 fully saturated rings. The molecule has 0 aliphatic carbocycles. The Kier molecular flexibility index (Phi) is 6.59. The molecular weight excluding hydrogens is 462 g/mol. The number of ether oxygens (including phenoxy) is 2. The summed E-state index contributed by atoms with van der Waals surface area (Å²) in [6.45, 7) is 9.49. The molecule has 0 atom stereocenters. The smallest absolute Gasteiger partial charge is 0.407 e. The van der Waals surface area contributed by atoms with E-state index in [1.165, 1.54) is 0 Å². The molecule has 0 unspecified atom stereocenters. The van der Waals surface area contributed by atoms with Gasteiger partial charge >= 0.3 is 6.09 Å². The number of carbonyl (C=O) groups is 1. The molecule has 3 N–H and O–H groups in total.